The third-order valence-corrected chi connectivity index (χ3v) is 5.00. The second-order valence-corrected chi connectivity index (χ2v) is 6.48. The molecule has 27 heavy (non-hydrogen) atoms. The summed E-state index contributed by atoms with van der Waals surface area (Å²) in [5, 5.41) is 11.0. The summed E-state index contributed by atoms with van der Waals surface area (Å²) in [5.74, 6) is 2.48. The summed E-state index contributed by atoms with van der Waals surface area (Å²) in [4.78, 5) is 13.1. The van der Waals surface area contributed by atoms with E-state index in [4.69, 9.17) is 18.9 Å². The summed E-state index contributed by atoms with van der Waals surface area (Å²) in [6, 6.07) is 9.11. The molecular weight excluding hydrogens is 350 g/mol. The number of benzene rings is 2. The smallest absolute Gasteiger partial charge is 0.258 e. The minimum Gasteiger partial charge on any atom is -0.454 e. The zero-order chi connectivity index (χ0) is 18.5. The van der Waals surface area contributed by atoms with Crippen LogP contribution >= 0.6 is 0 Å². The maximum atomic E-state index is 13.1. The minimum absolute atomic E-state index is 0.0424. The van der Waals surface area contributed by atoms with Gasteiger partial charge >= 0.3 is 0 Å². The summed E-state index contributed by atoms with van der Waals surface area (Å²) < 4.78 is 23.4. The Balaban J connectivity index is 1.83. The number of aliphatic hydroxyl groups is 1. The molecule has 0 saturated heterocycles. The molecule has 0 unspecified atom stereocenters. The maximum absolute atomic E-state index is 13.1. The van der Waals surface area contributed by atoms with Crippen molar-refractivity contribution >= 4 is 10.8 Å². The van der Waals surface area contributed by atoms with Crippen LogP contribution in [0, 0.1) is 0 Å². The van der Waals surface area contributed by atoms with Crippen LogP contribution in [0.5, 0.6) is 23.0 Å². The normalized spacial score (nSPS) is 14.1. The van der Waals surface area contributed by atoms with Gasteiger partial charge in [-0.15, -0.1) is 0 Å². The van der Waals surface area contributed by atoms with Gasteiger partial charge < -0.3 is 28.6 Å². The first-order chi connectivity index (χ1) is 13.2. The molecule has 138 valence electrons. The molecule has 0 aliphatic carbocycles. The fourth-order valence-corrected chi connectivity index (χ4v) is 3.76. The fourth-order valence-electron chi connectivity index (χ4n) is 3.76. The lowest BCUT2D eigenvalue weighted by atomic mass is 9.96. The Morgan fingerprint density at radius 3 is 2.26 bits per heavy atom. The van der Waals surface area contributed by atoms with E-state index in [0.717, 1.165) is 22.2 Å². The zero-order valence-electron chi connectivity index (χ0n) is 14.7. The van der Waals surface area contributed by atoms with Crippen molar-refractivity contribution in [3.63, 3.8) is 0 Å². The van der Waals surface area contributed by atoms with Crippen molar-refractivity contribution in [1.82, 2.24) is 4.57 Å². The molecule has 0 radical (unpaired) electrons. The highest BCUT2D eigenvalue weighted by atomic mass is 16.7. The Labute approximate surface area is 154 Å². The number of aliphatic hydroxyl groups excluding tert-OH is 1. The van der Waals surface area contributed by atoms with Gasteiger partial charge in [0.1, 0.15) is 0 Å². The van der Waals surface area contributed by atoms with Crippen molar-refractivity contribution in [1.29, 1.82) is 0 Å². The van der Waals surface area contributed by atoms with Crippen LogP contribution in [-0.4, -0.2) is 29.9 Å². The molecule has 0 spiro atoms. The summed E-state index contributed by atoms with van der Waals surface area (Å²) in [5.41, 5.74) is 2.28. The average molecular weight is 367 g/mol. The number of fused-ring (bicyclic) bond motifs is 3. The van der Waals surface area contributed by atoms with Gasteiger partial charge in [0.2, 0.25) is 13.6 Å². The van der Waals surface area contributed by atoms with Crippen LogP contribution in [-0.2, 0) is 13.5 Å². The van der Waals surface area contributed by atoms with Crippen molar-refractivity contribution in [2.24, 2.45) is 7.05 Å². The average Bonchev–Trinajstić information content (AvgIpc) is 3.33. The van der Waals surface area contributed by atoms with Crippen LogP contribution in [0.1, 0.15) is 5.56 Å². The standard InChI is InChI=1S/C20H17NO6/c1-21-19(11-2-3-15-16(6-11)25-9-24-15)12(4-5-22)13-7-17-18(27-10-26-17)8-14(13)20(21)23/h2-3,6-8,22H,4-5,9-10H2,1H3. The van der Waals surface area contributed by atoms with E-state index >= 15 is 0 Å². The van der Waals surface area contributed by atoms with Crippen molar-refractivity contribution in [3.8, 4) is 34.3 Å². The van der Waals surface area contributed by atoms with Crippen LogP contribution < -0.4 is 24.5 Å². The molecule has 7 heteroatoms. The van der Waals surface area contributed by atoms with Gasteiger partial charge in [0.25, 0.3) is 5.56 Å². The summed E-state index contributed by atoms with van der Waals surface area (Å²) in [6.07, 6.45) is 0.397. The summed E-state index contributed by atoms with van der Waals surface area (Å²) in [7, 11) is 1.73. The van der Waals surface area contributed by atoms with Gasteiger partial charge in [-0.3, -0.25) is 4.79 Å². The maximum Gasteiger partial charge on any atom is 0.258 e. The Kier molecular flexibility index (Phi) is 3.51. The lowest BCUT2D eigenvalue weighted by molar-refractivity contribution is 0.173. The van der Waals surface area contributed by atoms with Gasteiger partial charge in [0, 0.05) is 19.2 Å². The third-order valence-electron chi connectivity index (χ3n) is 5.00. The zero-order valence-corrected chi connectivity index (χ0v) is 14.7. The highest BCUT2D eigenvalue weighted by Gasteiger charge is 2.23. The minimum atomic E-state index is -0.141. The van der Waals surface area contributed by atoms with Crippen LogP contribution in [0.15, 0.2) is 35.1 Å². The molecule has 1 N–H and O–H groups in total. The number of aromatic nitrogens is 1. The molecule has 0 fully saturated rings. The molecule has 3 aromatic rings. The predicted molar refractivity (Wildman–Crippen MR) is 97.7 cm³/mol. The highest BCUT2D eigenvalue weighted by molar-refractivity contribution is 5.93. The number of hydrogen-bond donors (Lipinski definition) is 1. The molecule has 0 amide bonds. The first-order valence-electron chi connectivity index (χ1n) is 8.63. The Morgan fingerprint density at radius 2 is 1.56 bits per heavy atom. The van der Waals surface area contributed by atoms with Gasteiger partial charge in [-0.25, -0.2) is 0 Å². The van der Waals surface area contributed by atoms with Gasteiger partial charge in [-0.05, 0) is 47.7 Å². The molecule has 0 atom stereocenters. The lowest BCUT2D eigenvalue weighted by Crippen LogP contribution is -2.21. The van der Waals surface area contributed by atoms with Crippen molar-refractivity contribution in [3.05, 3.63) is 46.2 Å². The number of ether oxygens (including phenoxy) is 4. The van der Waals surface area contributed by atoms with Crippen molar-refractivity contribution in [2.45, 2.75) is 6.42 Å². The van der Waals surface area contributed by atoms with E-state index < -0.39 is 0 Å². The largest absolute Gasteiger partial charge is 0.454 e. The van der Waals surface area contributed by atoms with E-state index in [9.17, 15) is 9.90 Å². The first-order valence-corrected chi connectivity index (χ1v) is 8.63. The fraction of sp³-hybridized carbons (Fsp3) is 0.250. The lowest BCUT2D eigenvalue weighted by Gasteiger charge is -2.18. The molecule has 2 aliphatic rings. The monoisotopic (exact) mass is 367 g/mol. The van der Waals surface area contributed by atoms with E-state index in [2.05, 4.69) is 0 Å². The van der Waals surface area contributed by atoms with Gasteiger partial charge in [0.05, 0.1) is 11.1 Å². The summed E-state index contributed by atoms with van der Waals surface area (Å²) >= 11 is 0. The second kappa shape index (κ2) is 5.92. The van der Waals surface area contributed by atoms with E-state index in [1.54, 1.807) is 17.7 Å². The number of pyridine rings is 1. The molecule has 7 nitrogen and oxygen atoms in total. The molecule has 2 aliphatic heterocycles. The van der Waals surface area contributed by atoms with Crippen LogP contribution in [0.2, 0.25) is 0 Å². The molecule has 2 aromatic carbocycles. The van der Waals surface area contributed by atoms with E-state index in [1.807, 2.05) is 24.3 Å². The SMILES string of the molecule is Cn1c(-c2ccc3c(c2)OCO3)c(CCO)c2cc3c(cc2c1=O)OCO3. The van der Waals surface area contributed by atoms with Crippen LogP contribution in [0.4, 0.5) is 0 Å². The van der Waals surface area contributed by atoms with Gasteiger partial charge in [0.15, 0.2) is 23.0 Å². The first kappa shape index (κ1) is 16.0. The molecule has 3 heterocycles. The van der Waals surface area contributed by atoms with Crippen molar-refractivity contribution < 1.29 is 24.1 Å². The van der Waals surface area contributed by atoms with E-state index in [-0.39, 0.29) is 25.8 Å². The highest BCUT2D eigenvalue weighted by Crippen LogP contribution is 2.40. The van der Waals surface area contributed by atoms with E-state index in [1.165, 1.54) is 0 Å². The molecule has 1 aromatic heterocycles. The van der Waals surface area contributed by atoms with Crippen LogP contribution in [0.3, 0.4) is 0 Å². The number of nitrogens with zero attached hydrogens (tertiary/aromatic N) is 1. The second-order valence-electron chi connectivity index (χ2n) is 6.48. The topological polar surface area (TPSA) is 79.2 Å². The van der Waals surface area contributed by atoms with Crippen LogP contribution in [0.25, 0.3) is 22.0 Å². The Morgan fingerprint density at radius 1 is 0.926 bits per heavy atom. The molecular formula is C20H17NO6. The number of hydrogen-bond acceptors (Lipinski definition) is 6. The van der Waals surface area contributed by atoms with Crippen molar-refractivity contribution in [2.75, 3.05) is 20.2 Å². The molecule has 0 saturated carbocycles. The quantitative estimate of drug-likeness (QED) is 0.765. The predicted octanol–water partition coefficient (Wildman–Crippen LogP) is 2.20. The van der Waals surface area contributed by atoms with Gasteiger partial charge in [-0.1, -0.05) is 0 Å². The number of rotatable bonds is 3. The molecule has 5 rings (SSSR count). The Bertz CT molecular complexity index is 1130. The van der Waals surface area contributed by atoms with Gasteiger partial charge in [-0.2, -0.15) is 0 Å². The van der Waals surface area contributed by atoms with E-state index in [0.29, 0.717) is 34.8 Å². The Hall–Kier alpha value is -3.19. The third kappa shape index (κ3) is 2.35. The molecule has 0 bridgehead atoms. The summed E-state index contributed by atoms with van der Waals surface area (Å²) in [6.45, 7) is 0.276.